The van der Waals surface area contributed by atoms with Crippen LogP contribution < -0.4 is 0 Å². The zero-order chi connectivity index (χ0) is 16.2. The summed E-state index contributed by atoms with van der Waals surface area (Å²) in [6.45, 7) is 5.65. The summed E-state index contributed by atoms with van der Waals surface area (Å²) in [6, 6.07) is 4.39. The van der Waals surface area contributed by atoms with Gasteiger partial charge in [-0.25, -0.2) is 0 Å². The van der Waals surface area contributed by atoms with E-state index in [1.54, 1.807) is 11.8 Å². The number of nitrogens with zero attached hydrogens (tertiary/aromatic N) is 4. The maximum absolute atomic E-state index is 5.79. The lowest BCUT2D eigenvalue weighted by Crippen LogP contribution is -2.23. The molecular weight excluding hydrogens is 328 g/mol. The Hall–Kier alpha value is -0.890. The van der Waals surface area contributed by atoms with Gasteiger partial charge in [0.05, 0.1) is 19.2 Å². The average molecular weight is 353 g/mol. The number of ether oxygens (including phenoxy) is 1. The zero-order valence-corrected chi connectivity index (χ0v) is 15.6. The van der Waals surface area contributed by atoms with E-state index in [2.05, 4.69) is 52.0 Å². The second kappa shape index (κ2) is 7.79. The lowest BCUT2D eigenvalue weighted by Gasteiger charge is -2.18. The van der Waals surface area contributed by atoms with E-state index < -0.39 is 0 Å². The molecule has 0 aliphatic carbocycles. The quantitative estimate of drug-likeness (QED) is 0.716. The van der Waals surface area contributed by atoms with Crippen molar-refractivity contribution in [2.75, 3.05) is 19.9 Å². The molecule has 3 heterocycles. The minimum atomic E-state index is 0.306. The van der Waals surface area contributed by atoms with Crippen LogP contribution in [0.3, 0.4) is 0 Å². The van der Waals surface area contributed by atoms with Crippen LogP contribution in [0.25, 0.3) is 0 Å². The number of thioether (sulfide) groups is 1. The maximum Gasteiger partial charge on any atom is 0.191 e. The first-order chi connectivity index (χ1) is 11.2. The number of aryl methyl sites for hydroxylation is 1. The summed E-state index contributed by atoms with van der Waals surface area (Å²) >= 11 is 3.51. The summed E-state index contributed by atoms with van der Waals surface area (Å²) in [6.07, 6.45) is 4.66. The van der Waals surface area contributed by atoms with Gasteiger partial charge in [0.15, 0.2) is 5.16 Å². The minimum absolute atomic E-state index is 0.306. The average Bonchev–Trinajstić information content (AvgIpc) is 3.24. The first-order valence-electron chi connectivity index (χ1n) is 7.97. The Morgan fingerprint density at radius 2 is 2.26 bits per heavy atom. The lowest BCUT2D eigenvalue weighted by molar-refractivity contribution is 0.0934. The van der Waals surface area contributed by atoms with Crippen molar-refractivity contribution in [3.63, 3.8) is 0 Å². The van der Waals surface area contributed by atoms with Crippen molar-refractivity contribution < 1.29 is 4.74 Å². The molecule has 2 aromatic rings. The van der Waals surface area contributed by atoms with Crippen LogP contribution in [0, 0.1) is 6.92 Å². The molecule has 0 amide bonds. The second-order valence-electron chi connectivity index (χ2n) is 6.03. The molecule has 2 aromatic heterocycles. The van der Waals surface area contributed by atoms with E-state index in [0.29, 0.717) is 6.10 Å². The third kappa shape index (κ3) is 4.35. The molecule has 126 valence electrons. The molecule has 23 heavy (non-hydrogen) atoms. The highest BCUT2D eigenvalue weighted by Crippen LogP contribution is 2.21. The van der Waals surface area contributed by atoms with Crippen LogP contribution in [-0.2, 0) is 24.4 Å². The van der Waals surface area contributed by atoms with Crippen LogP contribution >= 0.6 is 23.1 Å². The highest BCUT2D eigenvalue weighted by atomic mass is 32.2. The Balaban J connectivity index is 1.67. The molecule has 1 aliphatic rings. The fourth-order valence-corrected chi connectivity index (χ4v) is 4.39. The van der Waals surface area contributed by atoms with Gasteiger partial charge in [0.25, 0.3) is 0 Å². The zero-order valence-electron chi connectivity index (χ0n) is 14.0. The molecule has 1 unspecified atom stereocenters. The van der Waals surface area contributed by atoms with Crippen molar-refractivity contribution in [3.05, 3.63) is 27.7 Å². The van der Waals surface area contributed by atoms with Gasteiger partial charge >= 0.3 is 0 Å². The fourth-order valence-electron chi connectivity index (χ4n) is 2.90. The molecule has 3 rings (SSSR count). The summed E-state index contributed by atoms with van der Waals surface area (Å²) in [5, 5.41) is 9.73. The fraction of sp³-hybridized carbons (Fsp3) is 0.625. The number of hydrogen-bond donors (Lipinski definition) is 0. The van der Waals surface area contributed by atoms with Crippen LogP contribution in [0.15, 0.2) is 17.3 Å². The molecule has 0 N–H and O–H groups in total. The molecule has 0 bridgehead atoms. The third-order valence-corrected chi connectivity index (χ3v) is 5.67. The van der Waals surface area contributed by atoms with Crippen LogP contribution in [0.1, 0.15) is 28.4 Å². The van der Waals surface area contributed by atoms with Gasteiger partial charge in [0.1, 0.15) is 5.82 Å². The van der Waals surface area contributed by atoms with Crippen molar-refractivity contribution in [1.29, 1.82) is 0 Å². The molecular formula is C16H24N4OS2. The molecule has 0 saturated carbocycles. The van der Waals surface area contributed by atoms with Crippen molar-refractivity contribution in [3.8, 4) is 0 Å². The molecule has 5 nitrogen and oxygen atoms in total. The normalized spacial score (nSPS) is 18.2. The summed E-state index contributed by atoms with van der Waals surface area (Å²) in [5.41, 5.74) is 0. The molecule has 0 aromatic carbocycles. The van der Waals surface area contributed by atoms with Gasteiger partial charge in [-0.05, 0) is 45.2 Å². The van der Waals surface area contributed by atoms with Crippen LogP contribution in [0.5, 0.6) is 0 Å². The summed E-state index contributed by atoms with van der Waals surface area (Å²) in [7, 11) is 2.14. The predicted octanol–water partition coefficient (Wildman–Crippen LogP) is 3.18. The molecule has 0 radical (unpaired) electrons. The van der Waals surface area contributed by atoms with Crippen LogP contribution in [0.2, 0.25) is 0 Å². The number of aromatic nitrogens is 3. The van der Waals surface area contributed by atoms with Crippen molar-refractivity contribution in [2.24, 2.45) is 0 Å². The summed E-state index contributed by atoms with van der Waals surface area (Å²) in [5.74, 6) is 1.03. The largest absolute Gasteiger partial charge is 0.376 e. The Morgan fingerprint density at radius 3 is 2.91 bits per heavy atom. The van der Waals surface area contributed by atoms with E-state index in [9.17, 15) is 0 Å². The third-order valence-electron chi connectivity index (χ3n) is 4.02. The van der Waals surface area contributed by atoms with Gasteiger partial charge in [0, 0.05) is 22.9 Å². The molecule has 1 fully saturated rings. The minimum Gasteiger partial charge on any atom is -0.376 e. The molecule has 0 spiro atoms. The van der Waals surface area contributed by atoms with Gasteiger partial charge < -0.3 is 9.30 Å². The first-order valence-corrected chi connectivity index (χ1v) is 10.0. The van der Waals surface area contributed by atoms with E-state index >= 15 is 0 Å². The Morgan fingerprint density at radius 1 is 1.39 bits per heavy atom. The highest BCUT2D eigenvalue weighted by Gasteiger charge is 2.21. The molecule has 1 saturated heterocycles. The standard InChI is InChI=1S/C16H24N4OS2/c1-12-6-7-14(23-12)10-19(2)11-15-17-18-16(22-3)20(15)9-13-5-4-8-21-13/h6-7,13H,4-5,8-11H2,1-3H3. The van der Waals surface area contributed by atoms with Gasteiger partial charge in [-0.15, -0.1) is 21.5 Å². The smallest absolute Gasteiger partial charge is 0.191 e. The van der Waals surface area contributed by atoms with Crippen molar-refractivity contribution in [2.45, 2.75) is 50.7 Å². The SMILES string of the molecule is CSc1nnc(CN(C)Cc2ccc(C)s2)n1CC1CCCO1. The lowest BCUT2D eigenvalue weighted by atomic mass is 10.2. The van der Waals surface area contributed by atoms with Crippen LogP contribution in [0.4, 0.5) is 0 Å². The van der Waals surface area contributed by atoms with E-state index in [4.69, 9.17) is 4.74 Å². The number of thiophene rings is 1. The first kappa shape index (κ1) is 17.0. The van der Waals surface area contributed by atoms with Gasteiger partial charge in [-0.1, -0.05) is 11.8 Å². The molecule has 7 heteroatoms. The van der Waals surface area contributed by atoms with Crippen molar-refractivity contribution >= 4 is 23.1 Å². The van der Waals surface area contributed by atoms with Gasteiger partial charge in [-0.3, -0.25) is 4.90 Å². The Labute approximate surface area is 146 Å². The topological polar surface area (TPSA) is 43.2 Å². The van der Waals surface area contributed by atoms with Gasteiger partial charge in [0.2, 0.25) is 0 Å². The van der Waals surface area contributed by atoms with E-state index in [1.807, 2.05) is 11.3 Å². The summed E-state index contributed by atoms with van der Waals surface area (Å²) < 4.78 is 8.02. The van der Waals surface area contributed by atoms with Crippen LogP contribution in [-0.4, -0.2) is 45.7 Å². The summed E-state index contributed by atoms with van der Waals surface area (Å²) in [4.78, 5) is 5.05. The van der Waals surface area contributed by atoms with E-state index in [-0.39, 0.29) is 0 Å². The van der Waals surface area contributed by atoms with E-state index in [0.717, 1.165) is 50.1 Å². The Bertz CT molecular complexity index is 634. The maximum atomic E-state index is 5.79. The van der Waals surface area contributed by atoms with E-state index in [1.165, 1.54) is 9.75 Å². The predicted molar refractivity (Wildman–Crippen MR) is 95.0 cm³/mol. The molecule has 1 atom stereocenters. The molecule has 1 aliphatic heterocycles. The van der Waals surface area contributed by atoms with Crippen molar-refractivity contribution in [1.82, 2.24) is 19.7 Å². The highest BCUT2D eigenvalue weighted by molar-refractivity contribution is 7.98. The Kier molecular flexibility index (Phi) is 5.74. The number of hydrogen-bond acceptors (Lipinski definition) is 6. The van der Waals surface area contributed by atoms with Gasteiger partial charge in [-0.2, -0.15) is 0 Å². The second-order valence-corrected chi connectivity index (χ2v) is 8.18. The number of rotatable bonds is 7. The monoisotopic (exact) mass is 352 g/mol.